The Labute approximate surface area is 163 Å². The Morgan fingerprint density at radius 2 is 2.04 bits per heavy atom. The third-order valence-corrected chi connectivity index (χ3v) is 4.83. The van der Waals surface area contributed by atoms with Crippen LogP contribution >= 0.6 is 11.3 Å². The van der Waals surface area contributed by atoms with Crippen molar-refractivity contribution in [3.8, 4) is 11.1 Å². The van der Waals surface area contributed by atoms with Crippen molar-refractivity contribution in [1.82, 2.24) is 9.55 Å². The van der Waals surface area contributed by atoms with Crippen molar-refractivity contribution < 1.29 is 19.2 Å². The lowest BCUT2D eigenvalue weighted by Crippen LogP contribution is -2.26. The number of aromatic nitrogens is 2. The van der Waals surface area contributed by atoms with Gasteiger partial charge >= 0.3 is 5.97 Å². The summed E-state index contributed by atoms with van der Waals surface area (Å²) >= 11 is 1.29. The molecule has 0 fully saturated rings. The van der Waals surface area contributed by atoms with Gasteiger partial charge in [0.15, 0.2) is 0 Å². The SMILES string of the molecule is CCOCCOC(=O)Cn1cnc2scc(-c3ccc([N+](=O)[O-])cc3)c2c1=O. The van der Waals surface area contributed by atoms with E-state index in [1.54, 1.807) is 17.5 Å². The highest BCUT2D eigenvalue weighted by Crippen LogP contribution is 2.31. The molecule has 0 bridgehead atoms. The summed E-state index contributed by atoms with van der Waals surface area (Å²) < 4.78 is 11.3. The summed E-state index contributed by atoms with van der Waals surface area (Å²) in [5, 5.41) is 12.9. The number of hydrogen-bond acceptors (Lipinski definition) is 8. The number of hydrogen-bond donors (Lipinski definition) is 0. The first-order valence-electron chi connectivity index (χ1n) is 8.46. The second-order valence-corrected chi connectivity index (χ2v) is 6.59. The molecule has 0 unspecified atom stereocenters. The van der Waals surface area contributed by atoms with Gasteiger partial charge in [0.05, 0.1) is 23.2 Å². The number of nitro groups is 1. The number of fused-ring (bicyclic) bond motifs is 1. The fourth-order valence-corrected chi connectivity index (χ4v) is 3.51. The maximum Gasteiger partial charge on any atom is 0.326 e. The minimum atomic E-state index is -0.560. The Hall–Kier alpha value is -3.11. The monoisotopic (exact) mass is 403 g/mol. The Morgan fingerprint density at radius 1 is 1.29 bits per heavy atom. The number of esters is 1. The van der Waals surface area contributed by atoms with E-state index in [0.717, 1.165) is 0 Å². The predicted molar refractivity (Wildman–Crippen MR) is 103 cm³/mol. The standard InChI is InChI=1S/C18H17N3O6S/c1-2-26-7-8-27-15(22)9-20-11-19-17-16(18(20)23)14(10-28-17)12-3-5-13(6-4-12)21(24)25/h3-6,10-11H,2,7-9H2,1H3. The Kier molecular flexibility index (Phi) is 6.12. The van der Waals surface area contributed by atoms with E-state index in [1.165, 1.54) is 34.4 Å². The van der Waals surface area contributed by atoms with Gasteiger partial charge in [-0.2, -0.15) is 0 Å². The minimum absolute atomic E-state index is 0.0337. The third kappa shape index (κ3) is 4.24. The first-order chi connectivity index (χ1) is 13.5. The molecule has 1 aromatic carbocycles. The first-order valence-corrected chi connectivity index (χ1v) is 9.34. The normalized spacial score (nSPS) is 10.9. The van der Waals surface area contributed by atoms with Crippen LogP contribution < -0.4 is 5.56 Å². The maximum atomic E-state index is 12.9. The molecule has 10 heteroatoms. The van der Waals surface area contributed by atoms with Crippen LogP contribution in [0.1, 0.15) is 6.92 Å². The molecule has 28 heavy (non-hydrogen) atoms. The second-order valence-electron chi connectivity index (χ2n) is 5.73. The van der Waals surface area contributed by atoms with E-state index in [0.29, 0.717) is 34.6 Å². The highest BCUT2D eigenvalue weighted by atomic mass is 32.1. The van der Waals surface area contributed by atoms with Crippen molar-refractivity contribution >= 4 is 33.2 Å². The lowest BCUT2D eigenvalue weighted by atomic mass is 10.1. The number of carbonyl (C=O) groups excluding carboxylic acids is 1. The number of ether oxygens (including phenoxy) is 2. The molecule has 2 heterocycles. The number of nitrogens with zero attached hydrogens (tertiary/aromatic N) is 3. The van der Waals surface area contributed by atoms with E-state index in [1.807, 2.05) is 6.92 Å². The van der Waals surface area contributed by atoms with Gasteiger partial charge < -0.3 is 9.47 Å². The number of thiophene rings is 1. The molecular weight excluding hydrogens is 386 g/mol. The van der Waals surface area contributed by atoms with Gasteiger partial charge in [-0.1, -0.05) is 0 Å². The van der Waals surface area contributed by atoms with Crippen LogP contribution in [-0.4, -0.2) is 40.3 Å². The molecule has 0 atom stereocenters. The molecule has 0 amide bonds. The highest BCUT2D eigenvalue weighted by Gasteiger charge is 2.16. The molecule has 0 N–H and O–H groups in total. The molecule has 0 aliphatic carbocycles. The van der Waals surface area contributed by atoms with Crippen molar-refractivity contribution in [1.29, 1.82) is 0 Å². The van der Waals surface area contributed by atoms with Crippen molar-refractivity contribution in [2.75, 3.05) is 19.8 Å². The van der Waals surface area contributed by atoms with Crippen LogP contribution in [-0.2, 0) is 20.8 Å². The molecule has 2 aromatic heterocycles. The van der Waals surface area contributed by atoms with Gasteiger partial charge in [0.2, 0.25) is 0 Å². The Morgan fingerprint density at radius 3 is 2.71 bits per heavy atom. The van der Waals surface area contributed by atoms with Crippen molar-refractivity contribution in [3.63, 3.8) is 0 Å². The zero-order valence-electron chi connectivity index (χ0n) is 15.0. The minimum Gasteiger partial charge on any atom is -0.462 e. The summed E-state index contributed by atoms with van der Waals surface area (Å²) in [6, 6.07) is 5.92. The van der Waals surface area contributed by atoms with Crippen LogP contribution in [0.4, 0.5) is 5.69 Å². The second kappa shape index (κ2) is 8.72. The molecule has 3 aromatic rings. The van der Waals surface area contributed by atoms with Crippen LogP contribution in [0.3, 0.4) is 0 Å². The molecular formula is C18H17N3O6S. The van der Waals surface area contributed by atoms with Crippen LogP contribution in [0.5, 0.6) is 0 Å². The average molecular weight is 403 g/mol. The smallest absolute Gasteiger partial charge is 0.326 e. The number of benzene rings is 1. The number of non-ortho nitro benzene ring substituents is 1. The quantitative estimate of drug-likeness (QED) is 0.246. The molecule has 0 aliphatic rings. The van der Waals surface area contributed by atoms with Crippen LogP contribution in [0.2, 0.25) is 0 Å². The fourth-order valence-electron chi connectivity index (χ4n) is 2.60. The van der Waals surface area contributed by atoms with E-state index in [9.17, 15) is 19.7 Å². The van der Waals surface area contributed by atoms with Gasteiger partial charge in [0, 0.05) is 29.7 Å². The summed E-state index contributed by atoms with van der Waals surface area (Å²) in [5.74, 6) is -0.560. The zero-order valence-corrected chi connectivity index (χ0v) is 15.8. The summed E-state index contributed by atoms with van der Waals surface area (Å²) in [7, 11) is 0. The third-order valence-electron chi connectivity index (χ3n) is 3.94. The van der Waals surface area contributed by atoms with Gasteiger partial charge in [0.1, 0.15) is 18.0 Å². The fraction of sp³-hybridized carbons (Fsp3) is 0.278. The molecule has 0 saturated heterocycles. The molecule has 9 nitrogen and oxygen atoms in total. The summed E-state index contributed by atoms with van der Waals surface area (Å²) in [4.78, 5) is 39.9. The molecule has 0 spiro atoms. The predicted octanol–water partition coefficient (Wildman–Crippen LogP) is 2.61. The van der Waals surface area contributed by atoms with E-state index in [2.05, 4.69) is 4.98 Å². The van der Waals surface area contributed by atoms with Gasteiger partial charge in [-0.05, 0) is 24.6 Å². The Balaban J connectivity index is 1.86. The van der Waals surface area contributed by atoms with Crippen LogP contribution in [0, 0.1) is 10.1 Å². The highest BCUT2D eigenvalue weighted by molar-refractivity contribution is 7.17. The largest absolute Gasteiger partial charge is 0.462 e. The van der Waals surface area contributed by atoms with Crippen LogP contribution in [0.25, 0.3) is 21.3 Å². The van der Waals surface area contributed by atoms with Crippen molar-refractivity contribution in [2.45, 2.75) is 13.5 Å². The molecule has 0 radical (unpaired) electrons. The van der Waals surface area contributed by atoms with Crippen LogP contribution in [0.15, 0.2) is 40.8 Å². The molecule has 3 rings (SSSR count). The van der Waals surface area contributed by atoms with Gasteiger partial charge in [-0.3, -0.25) is 24.3 Å². The lowest BCUT2D eigenvalue weighted by Gasteiger charge is -2.07. The topological polar surface area (TPSA) is 114 Å². The van der Waals surface area contributed by atoms with E-state index in [-0.39, 0.29) is 24.4 Å². The number of carbonyl (C=O) groups is 1. The Bertz CT molecular complexity index is 1060. The maximum absolute atomic E-state index is 12.9. The summed E-state index contributed by atoms with van der Waals surface area (Å²) in [5.41, 5.74) is 0.870. The summed E-state index contributed by atoms with van der Waals surface area (Å²) in [6.45, 7) is 2.52. The van der Waals surface area contributed by atoms with E-state index in [4.69, 9.17) is 9.47 Å². The summed E-state index contributed by atoms with van der Waals surface area (Å²) in [6.07, 6.45) is 1.31. The van der Waals surface area contributed by atoms with Crippen molar-refractivity contribution in [3.05, 3.63) is 56.4 Å². The van der Waals surface area contributed by atoms with Gasteiger partial charge in [-0.15, -0.1) is 11.3 Å². The zero-order chi connectivity index (χ0) is 20.1. The lowest BCUT2D eigenvalue weighted by molar-refractivity contribution is -0.384. The number of rotatable bonds is 8. The number of nitro benzene ring substituents is 1. The van der Waals surface area contributed by atoms with E-state index >= 15 is 0 Å². The first kappa shape index (κ1) is 19.6. The molecule has 0 saturated carbocycles. The molecule has 146 valence electrons. The van der Waals surface area contributed by atoms with Crippen molar-refractivity contribution in [2.24, 2.45) is 0 Å². The van der Waals surface area contributed by atoms with E-state index < -0.39 is 10.9 Å². The molecule has 0 aliphatic heterocycles. The average Bonchev–Trinajstić information content (AvgIpc) is 3.12. The van der Waals surface area contributed by atoms with Gasteiger partial charge in [-0.25, -0.2) is 4.98 Å². The van der Waals surface area contributed by atoms with Gasteiger partial charge in [0.25, 0.3) is 11.2 Å².